The van der Waals surface area contributed by atoms with E-state index in [0.717, 1.165) is 25.0 Å². The zero-order valence-electron chi connectivity index (χ0n) is 8.52. The zero-order chi connectivity index (χ0) is 10.3. The van der Waals surface area contributed by atoms with E-state index in [2.05, 4.69) is 0 Å². The van der Waals surface area contributed by atoms with Gasteiger partial charge in [0.2, 0.25) is 0 Å². The number of fused-ring (bicyclic) bond motifs is 2. The van der Waals surface area contributed by atoms with E-state index in [1.165, 1.54) is 0 Å². The van der Waals surface area contributed by atoms with E-state index >= 15 is 0 Å². The summed E-state index contributed by atoms with van der Waals surface area (Å²) < 4.78 is 10.9. The van der Waals surface area contributed by atoms with Crippen LogP contribution in [0.25, 0.3) is 0 Å². The van der Waals surface area contributed by atoms with Gasteiger partial charge < -0.3 is 9.15 Å². The van der Waals surface area contributed by atoms with Gasteiger partial charge in [0.25, 0.3) is 0 Å². The topological polar surface area (TPSA) is 39.4 Å². The summed E-state index contributed by atoms with van der Waals surface area (Å²) in [4.78, 5) is 12.0. The molecule has 1 aromatic heterocycles. The first-order valence-electron chi connectivity index (χ1n) is 5.53. The minimum Gasteiger partial charge on any atom is -0.469 e. The number of hydrogen-bond acceptors (Lipinski definition) is 3. The van der Waals surface area contributed by atoms with Crippen molar-refractivity contribution in [3.63, 3.8) is 0 Å². The smallest absolute Gasteiger partial charge is 0.146 e. The molecular formula is C12H14O3. The Kier molecular flexibility index (Phi) is 2.13. The van der Waals surface area contributed by atoms with Gasteiger partial charge in [0, 0.05) is 5.92 Å². The molecule has 0 aliphatic carbocycles. The van der Waals surface area contributed by atoms with Crippen LogP contribution in [0.1, 0.15) is 25.0 Å². The van der Waals surface area contributed by atoms with Crippen LogP contribution in [0, 0.1) is 5.92 Å². The third-order valence-corrected chi connectivity index (χ3v) is 3.45. The summed E-state index contributed by atoms with van der Waals surface area (Å²) in [7, 11) is 0. The Morgan fingerprint density at radius 2 is 2.40 bits per heavy atom. The maximum Gasteiger partial charge on any atom is 0.146 e. The lowest BCUT2D eigenvalue weighted by Gasteiger charge is -2.16. The number of Topliss-reactive ketones (excluding diaryl/α,β-unsaturated/α-hetero) is 1. The molecule has 0 radical (unpaired) electrons. The van der Waals surface area contributed by atoms with Crippen molar-refractivity contribution in [2.75, 3.05) is 0 Å². The fraction of sp³-hybridized carbons (Fsp3) is 0.583. The molecule has 3 nitrogen and oxygen atoms in total. The average Bonchev–Trinajstić information content (AvgIpc) is 2.93. The first kappa shape index (κ1) is 9.16. The predicted molar refractivity (Wildman–Crippen MR) is 53.4 cm³/mol. The molecule has 2 aliphatic heterocycles. The van der Waals surface area contributed by atoms with Crippen LogP contribution in [0.2, 0.25) is 0 Å². The lowest BCUT2D eigenvalue weighted by molar-refractivity contribution is -0.123. The van der Waals surface area contributed by atoms with Crippen molar-refractivity contribution < 1.29 is 13.9 Å². The lowest BCUT2D eigenvalue weighted by Crippen LogP contribution is -2.26. The van der Waals surface area contributed by atoms with Crippen LogP contribution in [0.15, 0.2) is 22.8 Å². The van der Waals surface area contributed by atoms with Crippen molar-refractivity contribution in [1.29, 1.82) is 0 Å². The molecule has 0 aromatic carbocycles. The summed E-state index contributed by atoms with van der Waals surface area (Å²) in [6.07, 6.45) is 5.68. The summed E-state index contributed by atoms with van der Waals surface area (Å²) in [5.41, 5.74) is 0. The van der Waals surface area contributed by atoms with Crippen molar-refractivity contribution in [2.24, 2.45) is 5.92 Å². The molecule has 2 fully saturated rings. The molecule has 3 unspecified atom stereocenters. The van der Waals surface area contributed by atoms with Gasteiger partial charge in [0.1, 0.15) is 11.5 Å². The average molecular weight is 206 g/mol. The molecule has 0 spiro atoms. The Balaban J connectivity index is 1.66. The molecule has 3 heterocycles. The molecule has 80 valence electrons. The van der Waals surface area contributed by atoms with Gasteiger partial charge >= 0.3 is 0 Å². The lowest BCUT2D eigenvalue weighted by atomic mass is 9.85. The third-order valence-electron chi connectivity index (χ3n) is 3.45. The maximum atomic E-state index is 12.0. The van der Waals surface area contributed by atoms with Gasteiger partial charge in [0.05, 0.1) is 24.9 Å². The van der Waals surface area contributed by atoms with E-state index in [1.807, 2.05) is 12.1 Å². The van der Waals surface area contributed by atoms with Crippen molar-refractivity contribution in [3.8, 4) is 0 Å². The summed E-state index contributed by atoms with van der Waals surface area (Å²) in [6.45, 7) is 0. The van der Waals surface area contributed by atoms with Crippen molar-refractivity contribution >= 4 is 5.78 Å². The quantitative estimate of drug-likeness (QED) is 0.758. The van der Waals surface area contributed by atoms with Gasteiger partial charge in [-0.25, -0.2) is 0 Å². The minimum absolute atomic E-state index is 0.119. The SMILES string of the molecule is O=C(Cc1ccco1)C1CC2CCC1O2. The van der Waals surface area contributed by atoms with Crippen LogP contribution < -0.4 is 0 Å². The van der Waals surface area contributed by atoms with Gasteiger partial charge in [-0.15, -0.1) is 0 Å². The van der Waals surface area contributed by atoms with Crippen molar-refractivity contribution in [3.05, 3.63) is 24.2 Å². The van der Waals surface area contributed by atoms with Gasteiger partial charge in [-0.05, 0) is 31.4 Å². The second kappa shape index (κ2) is 3.49. The van der Waals surface area contributed by atoms with Gasteiger partial charge in [-0.2, -0.15) is 0 Å². The molecule has 2 aliphatic rings. The van der Waals surface area contributed by atoms with E-state index in [9.17, 15) is 4.79 Å². The molecule has 15 heavy (non-hydrogen) atoms. The number of rotatable bonds is 3. The van der Waals surface area contributed by atoms with Gasteiger partial charge in [-0.3, -0.25) is 4.79 Å². The molecule has 3 atom stereocenters. The van der Waals surface area contributed by atoms with E-state index in [0.29, 0.717) is 12.5 Å². The van der Waals surface area contributed by atoms with Gasteiger partial charge in [-0.1, -0.05) is 0 Å². The highest BCUT2D eigenvalue weighted by atomic mass is 16.5. The molecule has 1 aromatic rings. The zero-order valence-corrected chi connectivity index (χ0v) is 8.52. The third kappa shape index (κ3) is 1.61. The molecule has 0 N–H and O–H groups in total. The number of ether oxygens (including phenoxy) is 1. The number of hydrogen-bond donors (Lipinski definition) is 0. The molecule has 3 heteroatoms. The number of ketones is 1. The monoisotopic (exact) mass is 206 g/mol. The Hall–Kier alpha value is -1.09. The molecule has 0 saturated carbocycles. The van der Waals surface area contributed by atoms with Crippen LogP contribution >= 0.6 is 0 Å². The second-order valence-electron chi connectivity index (χ2n) is 4.44. The standard InChI is InChI=1S/C12H14O3/c13-11(7-8-2-1-5-14-8)10-6-9-3-4-12(10)15-9/h1-2,5,9-10,12H,3-4,6-7H2. The predicted octanol–water partition coefficient (Wildman–Crippen LogP) is 1.96. The van der Waals surface area contributed by atoms with Crippen LogP contribution in [0.5, 0.6) is 0 Å². The second-order valence-corrected chi connectivity index (χ2v) is 4.44. The minimum atomic E-state index is 0.119. The highest BCUT2D eigenvalue weighted by molar-refractivity contribution is 5.83. The van der Waals surface area contributed by atoms with Crippen LogP contribution in [0.3, 0.4) is 0 Å². The van der Waals surface area contributed by atoms with Gasteiger partial charge in [0.15, 0.2) is 0 Å². The number of carbonyl (C=O) groups is 1. The van der Waals surface area contributed by atoms with Crippen molar-refractivity contribution in [2.45, 2.75) is 37.9 Å². The molecule has 2 saturated heterocycles. The normalized spacial score (nSPS) is 33.5. The number of furan rings is 1. The highest BCUT2D eigenvalue weighted by Gasteiger charge is 2.44. The Morgan fingerprint density at radius 1 is 1.47 bits per heavy atom. The molecular weight excluding hydrogens is 192 g/mol. The molecule has 2 bridgehead atoms. The summed E-state index contributed by atoms with van der Waals surface area (Å²) in [6, 6.07) is 3.67. The van der Waals surface area contributed by atoms with E-state index in [-0.39, 0.29) is 17.8 Å². The fourth-order valence-corrected chi connectivity index (χ4v) is 2.69. The number of carbonyl (C=O) groups excluding carboxylic acids is 1. The Bertz CT molecular complexity index is 355. The van der Waals surface area contributed by atoms with Crippen LogP contribution in [0.4, 0.5) is 0 Å². The highest BCUT2D eigenvalue weighted by Crippen LogP contribution is 2.39. The van der Waals surface area contributed by atoms with Crippen LogP contribution in [-0.2, 0) is 16.0 Å². The van der Waals surface area contributed by atoms with E-state index in [4.69, 9.17) is 9.15 Å². The van der Waals surface area contributed by atoms with E-state index < -0.39 is 0 Å². The summed E-state index contributed by atoms with van der Waals surface area (Å²) in [5.74, 6) is 1.16. The summed E-state index contributed by atoms with van der Waals surface area (Å²) >= 11 is 0. The largest absolute Gasteiger partial charge is 0.469 e. The fourth-order valence-electron chi connectivity index (χ4n) is 2.69. The molecule has 3 rings (SSSR count). The Morgan fingerprint density at radius 3 is 3.00 bits per heavy atom. The first-order valence-corrected chi connectivity index (χ1v) is 5.53. The maximum absolute atomic E-state index is 12.0. The molecule has 0 amide bonds. The summed E-state index contributed by atoms with van der Waals surface area (Å²) in [5, 5.41) is 0. The van der Waals surface area contributed by atoms with Crippen molar-refractivity contribution in [1.82, 2.24) is 0 Å². The first-order chi connectivity index (χ1) is 7.33. The van der Waals surface area contributed by atoms with E-state index in [1.54, 1.807) is 6.26 Å². The Labute approximate surface area is 88.4 Å². The van der Waals surface area contributed by atoms with Crippen LogP contribution in [-0.4, -0.2) is 18.0 Å².